The number of hydrogen-bond acceptors (Lipinski definition) is 3. The van der Waals surface area contributed by atoms with Crippen molar-refractivity contribution in [1.29, 1.82) is 0 Å². The number of nitrogens with one attached hydrogen (secondary N) is 2. The van der Waals surface area contributed by atoms with E-state index in [1.165, 1.54) is 19.3 Å². The molecule has 2 aliphatic rings. The Balaban J connectivity index is 1.42. The Bertz CT molecular complexity index is 439. The van der Waals surface area contributed by atoms with E-state index in [0.717, 1.165) is 18.7 Å². The molecule has 1 amide bonds. The van der Waals surface area contributed by atoms with Crippen LogP contribution in [0.25, 0.3) is 0 Å². The molecule has 1 aromatic rings. The van der Waals surface area contributed by atoms with Gasteiger partial charge in [0.15, 0.2) is 0 Å². The molecule has 1 aromatic carbocycles. The zero-order valence-electron chi connectivity index (χ0n) is 11.0. The fourth-order valence-electron chi connectivity index (χ4n) is 3.16. The van der Waals surface area contributed by atoms with Crippen molar-refractivity contribution in [2.24, 2.45) is 5.41 Å². The van der Waals surface area contributed by atoms with Crippen LogP contribution in [0.1, 0.15) is 24.8 Å². The molecule has 19 heavy (non-hydrogen) atoms. The highest BCUT2D eigenvalue weighted by atomic mass is 16.5. The SMILES string of the molecule is O=C(NCC12CCC(C1)NC2)OCc1ccccc1. The van der Waals surface area contributed by atoms with E-state index in [4.69, 9.17) is 4.74 Å². The maximum atomic E-state index is 11.7. The highest BCUT2D eigenvalue weighted by Gasteiger charge is 2.44. The number of fused-ring (bicyclic) bond motifs is 2. The molecular weight excluding hydrogens is 240 g/mol. The third-order valence-electron chi connectivity index (χ3n) is 4.29. The topological polar surface area (TPSA) is 50.4 Å². The standard InChI is InChI=1S/C15H20N2O2/c18-14(19-9-12-4-2-1-3-5-12)17-11-15-7-6-13(8-15)16-10-15/h1-5,13,16H,6-11H2,(H,17,18). The van der Waals surface area contributed by atoms with E-state index in [1.807, 2.05) is 30.3 Å². The molecule has 4 nitrogen and oxygen atoms in total. The van der Waals surface area contributed by atoms with E-state index in [0.29, 0.717) is 12.6 Å². The van der Waals surface area contributed by atoms with Crippen molar-refractivity contribution in [3.63, 3.8) is 0 Å². The van der Waals surface area contributed by atoms with Crippen LogP contribution in [0, 0.1) is 5.41 Å². The van der Waals surface area contributed by atoms with Crippen molar-refractivity contribution in [2.45, 2.75) is 31.9 Å². The third-order valence-corrected chi connectivity index (χ3v) is 4.29. The summed E-state index contributed by atoms with van der Waals surface area (Å²) in [6, 6.07) is 10.4. The van der Waals surface area contributed by atoms with Crippen molar-refractivity contribution < 1.29 is 9.53 Å². The molecule has 2 N–H and O–H groups in total. The van der Waals surface area contributed by atoms with Crippen LogP contribution in [-0.2, 0) is 11.3 Å². The van der Waals surface area contributed by atoms with Crippen LogP contribution in [0.2, 0.25) is 0 Å². The third kappa shape index (κ3) is 2.89. The molecule has 2 atom stereocenters. The summed E-state index contributed by atoms with van der Waals surface area (Å²) in [6.45, 7) is 2.08. The first kappa shape index (κ1) is 12.5. The molecular formula is C15H20N2O2. The van der Waals surface area contributed by atoms with Crippen LogP contribution >= 0.6 is 0 Å². The quantitative estimate of drug-likeness (QED) is 0.871. The Hall–Kier alpha value is -1.55. The largest absolute Gasteiger partial charge is 0.445 e. The van der Waals surface area contributed by atoms with E-state index in [9.17, 15) is 4.79 Å². The lowest BCUT2D eigenvalue weighted by Gasteiger charge is -2.26. The minimum atomic E-state index is -0.312. The summed E-state index contributed by atoms with van der Waals surface area (Å²) in [6.07, 6.45) is 3.32. The number of ether oxygens (including phenoxy) is 1. The number of piperidine rings is 1. The summed E-state index contributed by atoms with van der Waals surface area (Å²) >= 11 is 0. The van der Waals surface area contributed by atoms with Gasteiger partial charge in [0, 0.05) is 24.5 Å². The zero-order chi connectivity index (χ0) is 13.1. The Morgan fingerprint density at radius 2 is 2.26 bits per heavy atom. The minimum absolute atomic E-state index is 0.274. The second kappa shape index (κ2) is 5.21. The number of rotatable bonds is 4. The van der Waals surface area contributed by atoms with Crippen LogP contribution in [0.5, 0.6) is 0 Å². The van der Waals surface area contributed by atoms with Gasteiger partial charge in [-0.1, -0.05) is 30.3 Å². The fourth-order valence-corrected chi connectivity index (χ4v) is 3.16. The summed E-state index contributed by atoms with van der Waals surface area (Å²) in [4.78, 5) is 11.7. The van der Waals surface area contributed by atoms with E-state index < -0.39 is 0 Å². The maximum absolute atomic E-state index is 11.7. The number of carbonyl (C=O) groups excluding carboxylic acids is 1. The molecule has 1 aliphatic carbocycles. The summed E-state index contributed by atoms with van der Waals surface area (Å²) in [5.41, 5.74) is 1.29. The van der Waals surface area contributed by atoms with Crippen molar-refractivity contribution in [2.75, 3.05) is 13.1 Å². The van der Waals surface area contributed by atoms with Crippen molar-refractivity contribution >= 4 is 6.09 Å². The van der Waals surface area contributed by atoms with Gasteiger partial charge < -0.3 is 15.4 Å². The van der Waals surface area contributed by atoms with Gasteiger partial charge in [0.2, 0.25) is 0 Å². The van der Waals surface area contributed by atoms with E-state index >= 15 is 0 Å². The summed E-state index contributed by atoms with van der Waals surface area (Å²) < 4.78 is 5.22. The molecule has 1 saturated carbocycles. The van der Waals surface area contributed by atoms with E-state index in [-0.39, 0.29) is 11.5 Å². The highest BCUT2D eigenvalue weighted by molar-refractivity contribution is 5.67. The molecule has 2 unspecified atom stereocenters. The molecule has 2 fully saturated rings. The Morgan fingerprint density at radius 1 is 1.42 bits per heavy atom. The molecule has 0 aromatic heterocycles. The Morgan fingerprint density at radius 3 is 2.89 bits per heavy atom. The van der Waals surface area contributed by atoms with Crippen molar-refractivity contribution in [1.82, 2.24) is 10.6 Å². The van der Waals surface area contributed by atoms with Crippen LogP contribution in [-0.4, -0.2) is 25.2 Å². The average molecular weight is 260 g/mol. The summed E-state index contributed by atoms with van der Waals surface area (Å²) in [7, 11) is 0. The molecule has 102 valence electrons. The van der Waals surface area contributed by atoms with Gasteiger partial charge in [-0.05, 0) is 24.8 Å². The summed E-state index contributed by atoms with van der Waals surface area (Å²) in [5.74, 6) is 0. The Labute approximate surface area is 113 Å². The van der Waals surface area contributed by atoms with E-state index in [2.05, 4.69) is 10.6 Å². The van der Waals surface area contributed by atoms with Gasteiger partial charge in [0.05, 0.1) is 0 Å². The van der Waals surface area contributed by atoms with Crippen molar-refractivity contribution in [3.8, 4) is 0 Å². The number of amides is 1. The monoisotopic (exact) mass is 260 g/mol. The van der Waals surface area contributed by atoms with Crippen LogP contribution < -0.4 is 10.6 Å². The lowest BCUT2D eigenvalue weighted by Crippen LogP contribution is -2.40. The second-order valence-electron chi connectivity index (χ2n) is 5.74. The van der Waals surface area contributed by atoms with Crippen LogP contribution in [0.4, 0.5) is 4.79 Å². The predicted octanol–water partition coefficient (Wildman–Crippen LogP) is 2.05. The number of alkyl carbamates (subject to hydrolysis) is 1. The number of hydrogen-bond donors (Lipinski definition) is 2. The normalized spacial score (nSPS) is 28.3. The van der Waals surface area contributed by atoms with Crippen LogP contribution in [0.3, 0.4) is 0 Å². The molecule has 1 heterocycles. The highest BCUT2D eigenvalue weighted by Crippen LogP contribution is 2.42. The summed E-state index contributed by atoms with van der Waals surface area (Å²) in [5, 5.41) is 6.40. The van der Waals surface area contributed by atoms with Gasteiger partial charge in [-0.15, -0.1) is 0 Å². The van der Waals surface area contributed by atoms with E-state index in [1.54, 1.807) is 0 Å². The van der Waals surface area contributed by atoms with Gasteiger partial charge in [-0.25, -0.2) is 4.79 Å². The van der Waals surface area contributed by atoms with Gasteiger partial charge >= 0.3 is 6.09 Å². The predicted molar refractivity (Wildman–Crippen MR) is 72.7 cm³/mol. The zero-order valence-corrected chi connectivity index (χ0v) is 11.0. The number of carbonyl (C=O) groups is 1. The molecule has 2 bridgehead atoms. The lowest BCUT2D eigenvalue weighted by atomic mass is 9.88. The lowest BCUT2D eigenvalue weighted by molar-refractivity contribution is 0.134. The van der Waals surface area contributed by atoms with Crippen LogP contribution in [0.15, 0.2) is 30.3 Å². The van der Waals surface area contributed by atoms with Gasteiger partial charge in [-0.3, -0.25) is 0 Å². The van der Waals surface area contributed by atoms with Crippen molar-refractivity contribution in [3.05, 3.63) is 35.9 Å². The Kier molecular flexibility index (Phi) is 3.42. The molecule has 4 heteroatoms. The first-order valence-corrected chi connectivity index (χ1v) is 6.94. The average Bonchev–Trinajstić information content (AvgIpc) is 3.05. The minimum Gasteiger partial charge on any atom is -0.445 e. The smallest absolute Gasteiger partial charge is 0.407 e. The second-order valence-corrected chi connectivity index (χ2v) is 5.74. The molecule has 1 saturated heterocycles. The first-order valence-electron chi connectivity index (χ1n) is 6.94. The fraction of sp³-hybridized carbons (Fsp3) is 0.533. The number of benzene rings is 1. The first-order chi connectivity index (χ1) is 9.26. The maximum Gasteiger partial charge on any atom is 0.407 e. The molecule has 3 rings (SSSR count). The van der Waals surface area contributed by atoms with Gasteiger partial charge in [0.25, 0.3) is 0 Å². The van der Waals surface area contributed by atoms with Gasteiger partial charge in [0.1, 0.15) is 6.61 Å². The molecule has 0 spiro atoms. The molecule has 1 aliphatic heterocycles. The van der Waals surface area contributed by atoms with Gasteiger partial charge in [-0.2, -0.15) is 0 Å². The molecule has 0 radical (unpaired) electrons.